The Morgan fingerprint density at radius 1 is 0.962 bits per heavy atom. The molecule has 7 N–H and O–H groups in total. The maximum atomic E-state index is 14.0. The maximum absolute atomic E-state index is 14.0. The molecule has 0 radical (unpaired) electrons. The van der Waals surface area contributed by atoms with Crippen LogP contribution in [0.1, 0.15) is 76.4 Å². The summed E-state index contributed by atoms with van der Waals surface area (Å²) in [5.41, 5.74) is 6.82. The highest BCUT2D eigenvalue weighted by atomic mass is 19.1. The van der Waals surface area contributed by atoms with Gasteiger partial charge in [-0.25, -0.2) is 13.9 Å². The van der Waals surface area contributed by atoms with Crippen LogP contribution < -0.4 is 11.1 Å². The van der Waals surface area contributed by atoms with Gasteiger partial charge in [0, 0.05) is 42.7 Å². The third-order valence-corrected chi connectivity index (χ3v) is 10.0. The first-order valence-corrected chi connectivity index (χ1v) is 17.4. The number of carbonyl (C=O) groups is 4. The average molecular weight is 726 g/mol. The molecule has 2 aromatic heterocycles. The Bertz CT molecular complexity index is 1820. The molecule has 3 heterocycles. The molecule has 5 rings (SSSR count). The summed E-state index contributed by atoms with van der Waals surface area (Å²) >= 11 is 0. The molecule has 2 fully saturated rings. The number of carbonyl (C=O) groups excluding carboxylic acids is 4. The molecule has 2 aliphatic rings. The highest BCUT2D eigenvalue weighted by Gasteiger charge is 2.42. The maximum Gasteiger partial charge on any atom is 0.274 e. The monoisotopic (exact) mass is 725 g/mol. The predicted octanol–water partition coefficient (Wildman–Crippen LogP) is 0.500. The van der Waals surface area contributed by atoms with Gasteiger partial charge in [-0.15, -0.1) is 0 Å². The molecule has 1 saturated carbocycles. The number of imidazole rings is 1. The van der Waals surface area contributed by atoms with E-state index in [4.69, 9.17) is 15.8 Å². The van der Waals surface area contributed by atoms with Crippen LogP contribution in [0, 0.1) is 11.7 Å². The Morgan fingerprint density at radius 3 is 2.15 bits per heavy atom. The van der Waals surface area contributed by atoms with Gasteiger partial charge in [-0.2, -0.15) is 5.10 Å². The van der Waals surface area contributed by atoms with Gasteiger partial charge in [0.2, 0.25) is 11.8 Å². The highest BCUT2D eigenvalue weighted by Crippen LogP contribution is 2.32. The van der Waals surface area contributed by atoms with Crippen LogP contribution in [0.15, 0.2) is 36.5 Å². The molecule has 1 aromatic carbocycles. The van der Waals surface area contributed by atoms with Crippen molar-refractivity contribution in [1.29, 1.82) is 0 Å². The van der Waals surface area contributed by atoms with Crippen molar-refractivity contribution < 1.29 is 44.0 Å². The third-order valence-electron chi connectivity index (χ3n) is 10.0. The van der Waals surface area contributed by atoms with E-state index in [2.05, 4.69) is 5.32 Å². The topological polar surface area (TPSA) is 224 Å². The van der Waals surface area contributed by atoms with Crippen molar-refractivity contribution in [3.05, 3.63) is 53.6 Å². The molecule has 0 spiro atoms. The molecule has 1 aliphatic carbocycles. The van der Waals surface area contributed by atoms with Crippen molar-refractivity contribution in [2.45, 2.75) is 102 Å². The highest BCUT2D eigenvalue weighted by molar-refractivity contribution is 5.94. The Hall–Kier alpha value is -4.51. The Labute approximate surface area is 300 Å². The van der Waals surface area contributed by atoms with E-state index in [1.165, 1.54) is 12.1 Å². The van der Waals surface area contributed by atoms with Gasteiger partial charge in [-0.1, -0.05) is 20.8 Å². The number of aromatic nitrogens is 3. The van der Waals surface area contributed by atoms with Crippen molar-refractivity contribution in [2.24, 2.45) is 11.7 Å². The first kappa shape index (κ1) is 38.7. The zero-order valence-electron chi connectivity index (χ0n) is 30.0. The third kappa shape index (κ3) is 8.09. The van der Waals surface area contributed by atoms with Crippen molar-refractivity contribution in [1.82, 2.24) is 29.7 Å². The van der Waals surface area contributed by atoms with E-state index >= 15 is 0 Å². The number of fused-ring (bicyclic) bond motifs is 1. The zero-order valence-corrected chi connectivity index (χ0v) is 30.0. The zero-order chi connectivity index (χ0) is 38.3. The number of aliphatic hydroxyl groups excluding tert-OH is 4. The number of amides is 4. The average Bonchev–Trinajstić information content (AvgIpc) is 3.53. The SMILES string of the molecule is CC(C)(C)c1cc(-c2ccc(F)cc2)nn2cc(C(=O)N3CCN(C(=O)C4CCC(NC(=O)[C@H](O)[C@@H](O)[C@@H](O)[C@H](O)C(N)=O)CC4)CC3(C)C)nc12. The first-order chi connectivity index (χ1) is 24.3. The van der Waals surface area contributed by atoms with Crippen molar-refractivity contribution in [2.75, 3.05) is 19.6 Å². The summed E-state index contributed by atoms with van der Waals surface area (Å²) in [6.07, 6.45) is -5.26. The molecular weight excluding hydrogens is 677 g/mol. The molecule has 15 nitrogen and oxygen atoms in total. The smallest absolute Gasteiger partial charge is 0.274 e. The number of nitrogens with one attached hydrogen (secondary N) is 1. The van der Waals surface area contributed by atoms with Crippen LogP contribution in [0.3, 0.4) is 0 Å². The van der Waals surface area contributed by atoms with Gasteiger partial charge in [0.05, 0.1) is 17.4 Å². The van der Waals surface area contributed by atoms with Crippen molar-refractivity contribution >= 4 is 29.3 Å². The Morgan fingerprint density at radius 2 is 1.58 bits per heavy atom. The van der Waals surface area contributed by atoms with E-state index < -0.39 is 47.8 Å². The summed E-state index contributed by atoms with van der Waals surface area (Å²) in [6, 6.07) is 7.56. The minimum atomic E-state index is -2.17. The minimum Gasteiger partial charge on any atom is -0.387 e. The van der Waals surface area contributed by atoms with Crippen molar-refractivity contribution in [3.8, 4) is 11.3 Å². The Kier molecular flexibility index (Phi) is 11.1. The molecular formula is C36H48FN7O8. The molecule has 1 saturated heterocycles. The summed E-state index contributed by atoms with van der Waals surface area (Å²) in [7, 11) is 0. The van der Waals surface area contributed by atoms with E-state index in [0.29, 0.717) is 50.1 Å². The summed E-state index contributed by atoms with van der Waals surface area (Å²) in [5.74, 6) is -3.32. The van der Waals surface area contributed by atoms with Crippen LogP contribution in [0.2, 0.25) is 0 Å². The standard InChI is InChI=1S/C36H48FN7O8/c1-35(2,3)23-16-24(19-6-10-21(37)11-7-19)41-44-17-25(40-31(23)44)34(52)43-15-14-42(18-36(43,4)5)33(51)20-8-12-22(13-9-20)39-32(50)29(48)27(46)26(45)28(47)30(38)49/h6-7,10-11,16-17,20,22,26-29,45-48H,8-9,12-15,18H2,1-5H3,(H2,38,49)(H,39,50)/t20?,22?,26-,27+,28+,29-/m1/s1. The first-order valence-electron chi connectivity index (χ1n) is 17.4. The van der Waals surface area contributed by atoms with E-state index in [-0.39, 0.29) is 41.2 Å². The van der Waals surface area contributed by atoms with Crippen LogP contribution in [-0.2, 0) is 19.8 Å². The fourth-order valence-electron chi connectivity index (χ4n) is 6.98. The predicted molar refractivity (Wildman–Crippen MR) is 186 cm³/mol. The number of benzene rings is 1. The number of primary amides is 1. The minimum absolute atomic E-state index is 0.0518. The van der Waals surface area contributed by atoms with Gasteiger partial charge in [0.1, 0.15) is 23.7 Å². The van der Waals surface area contributed by atoms with E-state index in [9.17, 15) is 44.0 Å². The van der Waals surface area contributed by atoms with Gasteiger partial charge in [-0.05, 0) is 75.3 Å². The Balaban J connectivity index is 1.21. The quantitative estimate of drug-likeness (QED) is 0.179. The molecule has 3 aromatic rings. The fraction of sp³-hybridized carbons (Fsp3) is 0.556. The van der Waals surface area contributed by atoms with Gasteiger partial charge in [0.15, 0.2) is 17.9 Å². The fourth-order valence-corrected chi connectivity index (χ4v) is 6.98. The largest absolute Gasteiger partial charge is 0.387 e. The molecule has 0 unspecified atom stereocenters. The lowest BCUT2D eigenvalue weighted by molar-refractivity contribution is -0.154. The van der Waals surface area contributed by atoms with E-state index in [1.807, 2.05) is 40.7 Å². The van der Waals surface area contributed by atoms with Crippen molar-refractivity contribution in [3.63, 3.8) is 0 Å². The second-order valence-electron chi connectivity index (χ2n) is 15.5. The lowest BCUT2D eigenvalue weighted by Gasteiger charge is -2.47. The van der Waals surface area contributed by atoms with Crippen LogP contribution in [0.4, 0.5) is 4.39 Å². The lowest BCUT2D eigenvalue weighted by Crippen LogP contribution is -2.62. The number of nitrogens with zero attached hydrogens (tertiary/aromatic N) is 5. The van der Waals surface area contributed by atoms with Gasteiger partial charge < -0.3 is 41.3 Å². The number of hydrogen-bond donors (Lipinski definition) is 6. The number of rotatable bonds is 9. The number of aliphatic hydroxyl groups is 4. The van der Waals surface area contributed by atoms with Crippen LogP contribution >= 0.6 is 0 Å². The van der Waals surface area contributed by atoms with E-state index in [0.717, 1.165) is 11.1 Å². The molecule has 16 heteroatoms. The number of nitrogens with two attached hydrogens (primary N) is 1. The summed E-state index contributed by atoms with van der Waals surface area (Å²) in [4.78, 5) is 59.4. The molecule has 282 valence electrons. The summed E-state index contributed by atoms with van der Waals surface area (Å²) < 4.78 is 15.2. The number of hydrogen-bond acceptors (Lipinski definition) is 10. The number of piperazine rings is 1. The van der Waals surface area contributed by atoms with Gasteiger partial charge >= 0.3 is 0 Å². The molecule has 4 atom stereocenters. The number of halogens is 1. The van der Waals surface area contributed by atoms with Gasteiger partial charge in [0.25, 0.3) is 11.8 Å². The normalized spacial score (nSPS) is 21.7. The summed E-state index contributed by atoms with van der Waals surface area (Å²) in [6.45, 7) is 10.8. The summed E-state index contributed by atoms with van der Waals surface area (Å²) in [5, 5.41) is 46.9. The van der Waals surface area contributed by atoms with Crippen LogP contribution in [0.25, 0.3) is 16.9 Å². The van der Waals surface area contributed by atoms with Crippen LogP contribution in [0.5, 0.6) is 0 Å². The van der Waals surface area contributed by atoms with E-state index in [1.54, 1.807) is 32.6 Å². The second-order valence-corrected chi connectivity index (χ2v) is 15.5. The van der Waals surface area contributed by atoms with Gasteiger partial charge in [-0.3, -0.25) is 19.2 Å². The second kappa shape index (κ2) is 14.8. The lowest BCUT2D eigenvalue weighted by atomic mass is 9.84. The molecule has 52 heavy (non-hydrogen) atoms. The molecule has 1 aliphatic heterocycles. The molecule has 0 bridgehead atoms. The van der Waals surface area contributed by atoms with Crippen LogP contribution in [-0.4, -0.2) is 124 Å². The molecule has 4 amide bonds.